The molecule has 0 aliphatic heterocycles. The maximum atomic E-state index is 11.7. The van der Waals surface area contributed by atoms with Gasteiger partial charge in [-0.25, -0.2) is 42.8 Å². The molecule has 0 atom stereocenters. The number of aromatic nitrogens is 9. The Labute approximate surface area is 305 Å². The van der Waals surface area contributed by atoms with Crippen LogP contribution >= 0.6 is 0 Å². The van der Waals surface area contributed by atoms with Crippen LogP contribution in [0.4, 0.5) is 0 Å². The number of aromatic carboxylic acids is 6. The van der Waals surface area contributed by atoms with E-state index >= 15 is 0 Å². The van der Waals surface area contributed by atoms with Crippen LogP contribution in [-0.4, -0.2) is 116 Å². The maximum Gasteiger partial charge on any atom is 0.335 e. The molecule has 22 heteroatoms. The normalized spacial score (nSPS) is 11.1. The van der Waals surface area contributed by atoms with Gasteiger partial charge in [-0.3, -0.25) is 4.90 Å². The second-order valence-electron chi connectivity index (χ2n) is 11.7. The third-order valence-electron chi connectivity index (χ3n) is 7.81. The molecule has 0 amide bonds. The number of hydrogen-bond donors (Lipinski definition) is 6. The monoisotopic (exact) mass is 752 g/mol. The van der Waals surface area contributed by atoms with Gasteiger partial charge in [0.15, 0.2) is 0 Å². The Morgan fingerprint density at radius 3 is 0.818 bits per heavy atom. The van der Waals surface area contributed by atoms with Crippen molar-refractivity contribution in [1.82, 2.24) is 49.9 Å². The number of carbonyl (C=O) groups is 6. The van der Waals surface area contributed by atoms with E-state index in [2.05, 4.69) is 30.9 Å². The van der Waals surface area contributed by atoms with Crippen LogP contribution in [0.2, 0.25) is 0 Å². The molecule has 0 fully saturated rings. The van der Waals surface area contributed by atoms with Crippen molar-refractivity contribution < 1.29 is 59.4 Å². The molecule has 0 spiro atoms. The van der Waals surface area contributed by atoms with E-state index in [1.807, 2.05) is 0 Å². The van der Waals surface area contributed by atoms with Crippen LogP contribution < -0.4 is 0 Å². The zero-order valence-corrected chi connectivity index (χ0v) is 27.7. The van der Waals surface area contributed by atoms with Crippen LogP contribution in [0.3, 0.4) is 0 Å². The lowest BCUT2D eigenvalue weighted by molar-refractivity contribution is 0.0676. The Balaban J connectivity index is 1.33. The molecule has 6 N–H and O–H groups in total. The minimum Gasteiger partial charge on any atom is -0.478 e. The van der Waals surface area contributed by atoms with Gasteiger partial charge in [0, 0.05) is 19.6 Å². The molecular formula is C33H24N10O12. The molecule has 278 valence electrons. The van der Waals surface area contributed by atoms with E-state index in [0.29, 0.717) is 17.1 Å². The summed E-state index contributed by atoms with van der Waals surface area (Å²) in [4.78, 5) is 71.6. The smallest absolute Gasteiger partial charge is 0.335 e. The van der Waals surface area contributed by atoms with Crippen LogP contribution in [-0.2, 0) is 19.6 Å². The predicted molar refractivity (Wildman–Crippen MR) is 179 cm³/mol. The molecule has 0 unspecified atom stereocenters. The third-order valence-corrected chi connectivity index (χ3v) is 7.81. The first-order valence-corrected chi connectivity index (χ1v) is 15.5. The van der Waals surface area contributed by atoms with Gasteiger partial charge in [-0.2, -0.15) is 0 Å². The standard InChI is InChI=1S/C33H24N10O12/c44-28(45)16-1-17(29(46)47)5-25(4-16)41-13-22(34-37-41)10-40(11-23-14-42(38-35-23)26-6-18(30(48)49)2-19(7-26)31(50)51)12-24-15-43(39-36-24)27-8-20(32(52)53)3-21(9-27)33(54)55/h1-9,13-15H,10-12H2,(H,44,45)(H,46,47)(H,48,49)(H,50,51)(H,52,53)(H,54,55). The second-order valence-corrected chi connectivity index (χ2v) is 11.7. The molecule has 3 aromatic heterocycles. The molecule has 55 heavy (non-hydrogen) atoms. The Kier molecular flexibility index (Phi) is 9.89. The Morgan fingerprint density at radius 2 is 0.618 bits per heavy atom. The van der Waals surface area contributed by atoms with Crippen LogP contribution in [0.15, 0.2) is 73.2 Å². The SMILES string of the molecule is O=C(O)c1cc(C(=O)O)cc(-n2cc(CN(Cc3cn(-c4cc(C(=O)O)cc(C(=O)O)c4)nn3)Cc3cn(-c4cc(C(=O)O)cc(C(=O)O)c4)nn3)nn2)c1. The number of carboxylic acids is 6. The summed E-state index contributed by atoms with van der Waals surface area (Å²) < 4.78 is 3.55. The molecule has 0 aliphatic rings. The highest BCUT2D eigenvalue weighted by Gasteiger charge is 2.20. The van der Waals surface area contributed by atoms with Gasteiger partial charge in [0.05, 0.1) is 86.1 Å². The van der Waals surface area contributed by atoms with E-state index in [0.717, 1.165) is 18.2 Å². The third kappa shape index (κ3) is 8.34. The average molecular weight is 753 g/mol. The summed E-state index contributed by atoms with van der Waals surface area (Å²) in [6.45, 7) is -0.00163. The van der Waals surface area contributed by atoms with E-state index in [-0.39, 0.29) is 70.1 Å². The molecule has 6 rings (SSSR count). The Bertz CT molecular complexity index is 2170. The zero-order chi connectivity index (χ0) is 39.6. The lowest BCUT2D eigenvalue weighted by Crippen LogP contribution is -2.23. The van der Waals surface area contributed by atoms with Crippen LogP contribution in [0.25, 0.3) is 17.1 Å². The highest BCUT2D eigenvalue weighted by Crippen LogP contribution is 2.20. The first-order chi connectivity index (χ1) is 26.1. The molecular weight excluding hydrogens is 728 g/mol. The van der Waals surface area contributed by atoms with Crippen LogP contribution in [0, 0.1) is 0 Å². The number of nitrogens with zero attached hydrogens (tertiary/aromatic N) is 10. The Hall–Kier alpha value is -8.14. The lowest BCUT2D eigenvalue weighted by atomic mass is 10.1. The highest BCUT2D eigenvalue weighted by atomic mass is 16.4. The predicted octanol–water partition coefficient (Wildman–Crippen LogP) is 1.82. The molecule has 0 radical (unpaired) electrons. The summed E-state index contributed by atoms with van der Waals surface area (Å²) in [6, 6.07) is 10.3. The zero-order valence-electron chi connectivity index (χ0n) is 27.7. The quantitative estimate of drug-likeness (QED) is 0.0871. The fraction of sp³-hybridized carbons (Fsp3) is 0.0909. The first-order valence-electron chi connectivity index (χ1n) is 15.5. The maximum absolute atomic E-state index is 11.7. The van der Waals surface area contributed by atoms with Crippen molar-refractivity contribution in [3.63, 3.8) is 0 Å². The van der Waals surface area contributed by atoms with Gasteiger partial charge in [-0.05, 0) is 54.6 Å². The lowest BCUT2D eigenvalue weighted by Gasteiger charge is -2.18. The number of rotatable bonds is 15. The summed E-state index contributed by atoms with van der Waals surface area (Å²) in [5.74, 6) is -8.17. The van der Waals surface area contributed by atoms with E-state index < -0.39 is 35.8 Å². The largest absolute Gasteiger partial charge is 0.478 e. The van der Waals surface area contributed by atoms with E-state index in [1.54, 1.807) is 4.90 Å². The molecule has 3 aromatic carbocycles. The van der Waals surface area contributed by atoms with Gasteiger partial charge in [-0.1, -0.05) is 15.6 Å². The molecule has 3 heterocycles. The van der Waals surface area contributed by atoms with Crippen molar-refractivity contribution >= 4 is 35.8 Å². The first kappa shape index (κ1) is 36.6. The van der Waals surface area contributed by atoms with E-state index in [9.17, 15) is 59.4 Å². The summed E-state index contributed by atoms with van der Waals surface area (Å²) in [5, 5.41) is 81.5. The van der Waals surface area contributed by atoms with Crippen molar-refractivity contribution in [3.8, 4) is 17.1 Å². The summed E-state index contributed by atoms with van der Waals surface area (Å²) >= 11 is 0. The van der Waals surface area contributed by atoms with Gasteiger partial charge in [-0.15, -0.1) is 15.3 Å². The molecule has 0 saturated heterocycles. The fourth-order valence-electron chi connectivity index (χ4n) is 5.32. The summed E-state index contributed by atoms with van der Waals surface area (Å²) in [7, 11) is 0. The molecule has 0 aliphatic carbocycles. The minimum absolute atomic E-state index is 0.000543. The molecule has 22 nitrogen and oxygen atoms in total. The fourth-order valence-corrected chi connectivity index (χ4v) is 5.32. The second kappa shape index (κ2) is 14.8. The van der Waals surface area contributed by atoms with E-state index in [1.165, 1.54) is 69.0 Å². The number of hydrogen-bond acceptors (Lipinski definition) is 13. The molecule has 6 aromatic rings. The van der Waals surface area contributed by atoms with Gasteiger partial charge in [0.1, 0.15) is 0 Å². The number of benzene rings is 3. The highest BCUT2D eigenvalue weighted by molar-refractivity contribution is 5.96. The Morgan fingerprint density at radius 1 is 0.400 bits per heavy atom. The molecule has 0 saturated carbocycles. The van der Waals surface area contributed by atoms with E-state index in [4.69, 9.17) is 0 Å². The van der Waals surface area contributed by atoms with Crippen molar-refractivity contribution in [2.75, 3.05) is 0 Å². The van der Waals surface area contributed by atoms with Gasteiger partial charge < -0.3 is 30.6 Å². The summed E-state index contributed by atoms with van der Waals surface area (Å²) in [5.41, 5.74) is -0.578. The van der Waals surface area contributed by atoms with Gasteiger partial charge in [0.25, 0.3) is 0 Å². The van der Waals surface area contributed by atoms with Crippen molar-refractivity contribution in [3.05, 3.63) is 124 Å². The average Bonchev–Trinajstić information content (AvgIpc) is 3.93. The van der Waals surface area contributed by atoms with Crippen LogP contribution in [0.5, 0.6) is 0 Å². The van der Waals surface area contributed by atoms with Crippen molar-refractivity contribution in [1.29, 1.82) is 0 Å². The van der Waals surface area contributed by atoms with Gasteiger partial charge >= 0.3 is 35.8 Å². The summed E-state index contributed by atoms with van der Waals surface area (Å²) in [6.07, 6.45) is 4.30. The molecule has 0 bridgehead atoms. The van der Waals surface area contributed by atoms with Gasteiger partial charge in [0.2, 0.25) is 0 Å². The van der Waals surface area contributed by atoms with Crippen molar-refractivity contribution in [2.24, 2.45) is 0 Å². The van der Waals surface area contributed by atoms with Crippen LogP contribution in [0.1, 0.15) is 79.2 Å². The van der Waals surface area contributed by atoms with Crippen molar-refractivity contribution in [2.45, 2.75) is 19.6 Å². The topological polar surface area (TPSA) is 319 Å². The number of carboxylic acid groups (broad SMARTS) is 6. The minimum atomic E-state index is -1.36.